The molecule has 0 fully saturated rings. The lowest BCUT2D eigenvalue weighted by Crippen LogP contribution is -2.29. The molecule has 0 aliphatic heterocycles. The molecule has 3 N–H and O–H groups in total. The summed E-state index contributed by atoms with van der Waals surface area (Å²) in [6.45, 7) is -0.738. The van der Waals surface area contributed by atoms with Gasteiger partial charge in [-0.05, 0) is 12.1 Å². The van der Waals surface area contributed by atoms with Crippen LogP contribution in [0.15, 0.2) is 24.3 Å². The molecule has 0 saturated carbocycles. The highest BCUT2D eigenvalue weighted by molar-refractivity contribution is 5.79. The van der Waals surface area contributed by atoms with Crippen molar-refractivity contribution in [2.75, 3.05) is 0 Å². The maximum atomic E-state index is 10.8. The van der Waals surface area contributed by atoms with E-state index in [4.69, 9.17) is 15.6 Å². The van der Waals surface area contributed by atoms with Crippen molar-refractivity contribution in [2.24, 2.45) is 0 Å². The molecule has 0 spiro atoms. The third kappa shape index (κ3) is 1.97. The molecule has 0 radical (unpaired) electrons. The number of imidazole rings is 1. The minimum Gasteiger partial charge on any atom is -0.480 e. The topological polar surface area (TPSA) is 108 Å². The molecule has 0 aliphatic rings. The summed E-state index contributed by atoms with van der Waals surface area (Å²) in [5.41, 5.74) is 0.929. The fourth-order valence-corrected chi connectivity index (χ4v) is 1.89. The summed E-state index contributed by atoms with van der Waals surface area (Å²) >= 11 is 0. The molecule has 0 amide bonds. The second-order valence-electron chi connectivity index (χ2n) is 3.77. The summed E-state index contributed by atoms with van der Waals surface area (Å²) < 4.78 is 2.53. The van der Waals surface area contributed by atoms with Crippen LogP contribution in [0.1, 0.15) is 0 Å². The number of benzene rings is 1. The van der Waals surface area contributed by atoms with Gasteiger partial charge in [-0.25, -0.2) is 0 Å². The maximum absolute atomic E-state index is 10.8. The molecule has 0 atom stereocenters. The first-order chi connectivity index (χ1) is 8.50. The van der Waals surface area contributed by atoms with Crippen molar-refractivity contribution in [1.29, 1.82) is 5.41 Å². The van der Waals surface area contributed by atoms with E-state index in [1.165, 1.54) is 9.13 Å². The lowest BCUT2D eigenvalue weighted by Gasteiger charge is -1.99. The van der Waals surface area contributed by atoms with Crippen LogP contribution >= 0.6 is 0 Å². The Kier molecular flexibility index (Phi) is 2.88. The average Bonchev–Trinajstić information content (AvgIpc) is 2.54. The zero-order valence-corrected chi connectivity index (χ0v) is 9.33. The van der Waals surface area contributed by atoms with Gasteiger partial charge in [-0.1, -0.05) is 12.1 Å². The SMILES string of the molecule is N=c1n(CC(=O)O)c2ccccc2n1CC(=O)O. The third-order valence-electron chi connectivity index (χ3n) is 2.56. The van der Waals surface area contributed by atoms with Crippen molar-refractivity contribution in [3.05, 3.63) is 29.9 Å². The summed E-state index contributed by atoms with van der Waals surface area (Å²) in [5, 5.41) is 25.5. The zero-order valence-electron chi connectivity index (χ0n) is 9.33. The van der Waals surface area contributed by atoms with Crippen LogP contribution in [-0.4, -0.2) is 31.3 Å². The van der Waals surface area contributed by atoms with Gasteiger partial charge in [0.25, 0.3) is 0 Å². The standard InChI is InChI=1S/C11H11N3O4/c12-11-13(5-9(15)16)7-3-1-2-4-8(7)14(11)6-10(17)18/h1-4,12H,5-6H2,(H,15,16)(H,17,18). The first-order valence-electron chi connectivity index (χ1n) is 5.17. The molecule has 1 heterocycles. The Labute approximate surface area is 101 Å². The molecule has 2 rings (SSSR count). The van der Waals surface area contributed by atoms with Crippen LogP contribution in [0.5, 0.6) is 0 Å². The lowest BCUT2D eigenvalue weighted by molar-refractivity contribution is -0.138. The second-order valence-corrected chi connectivity index (χ2v) is 3.77. The second kappa shape index (κ2) is 4.36. The van der Waals surface area contributed by atoms with Crippen molar-refractivity contribution in [3.63, 3.8) is 0 Å². The highest BCUT2D eigenvalue weighted by Crippen LogP contribution is 2.12. The maximum Gasteiger partial charge on any atom is 0.323 e. The number of hydrogen-bond donors (Lipinski definition) is 3. The van der Waals surface area contributed by atoms with E-state index in [0.717, 1.165) is 0 Å². The zero-order chi connectivity index (χ0) is 13.3. The highest BCUT2D eigenvalue weighted by Gasteiger charge is 2.14. The fraction of sp³-hybridized carbons (Fsp3) is 0.182. The molecular weight excluding hydrogens is 238 g/mol. The Balaban J connectivity index is 2.71. The van der Waals surface area contributed by atoms with Crippen LogP contribution in [0.25, 0.3) is 11.0 Å². The number of carboxylic acid groups (broad SMARTS) is 2. The van der Waals surface area contributed by atoms with Crippen LogP contribution in [0.4, 0.5) is 0 Å². The van der Waals surface area contributed by atoms with Crippen molar-refractivity contribution < 1.29 is 19.8 Å². The van der Waals surface area contributed by atoms with Gasteiger partial charge in [0.2, 0.25) is 5.62 Å². The summed E-state index contributed by atoms with van der Waals surface area (Å²) in [4.78, 5) is 21.5. The predicted octanol–water partition coefficient (Wildman–Crippen LogP) is 0.0915. The minimum atomic E-state index is -1.08. The molecule has 1 aromatic heterocycles. The van der Waals surface area contributed by atoms with Crippen molar-refractivity contribution in [2.45, 2.75) is 13.1 Å². The Hall–Kier alpha value is -2.57. The number of aromatic nitrogens is 2. The number of hydrogen-bond acceptors (Lipinski definition) is 3. The lowest BCUT2D eigenvalue weighted by atomic mass is 10.3. The molecule has 0 unspecified atom stereocenters. The van der Waals surface area contributed by atoms with E-state index in [9.17, 15) is 9.59 Å². The molecular formula is C11H11N3O4. The van der Waals surface area contributed by atoms with E-state index in [2.05, 4.69) is 0 Å². The highest BCUT2D eigenvalue weighted by atomic mass is 16.4. The van der Waals surface area contributed by atoms with Gasteiger partial charge < -0.3 is 10.2 Å². The molecule has 0 aliphatic carbocycles. The Bertz CT molecular complexity index is 627. The van der Waals surface area contributed by atoms with Crippen molar-refractivity contribution in [3.8, 4) is 0 Å². The summed E-state index contributed by atoms with van der Waals surface area (Å²) in [5.74, 6) is -2.15. The molecule has 94 valence electrons. The number of aliphatic carboxylic acids is 2. The van der Waals surface area contributed by atoms with Gasteiger partial charge in [-0.2, -0.15) is 0 Å². The minimum absolute atomic E-state index is 0.138. The Morgan fingerprint density at radius 1 is 1.00 bits per heavy atom. The molecule has 7 nitrogen and oxygen atoms in total. The quantitative estimate of drug-likeness (QED) is 0.713. The number of fused-ring (bicyclic) bond motifs is 1. The normalized spacial score (nSPS) is 10.7. The number of nitrogens with one attached hydrogen (secondary N) is 1. The summed E-state index contributed by atoms with van der Waals surface area (Å²) in [7, 11) is 0. The van der Waals surface area contributed by atoms with Gasteiger partial charge in [-0.3, -0.25) is 24.1 Å². The fourth-order valence-electron chi connectivity index (χ4n) is 1.89. The van der Waals surface area contributed by atoms with Gasteiger partial charge in [0.1, 0.15) is 13.1 Å². The monoisotopic (exact) mass is 249 g/mol. The van der Waals surface area contributed by atoms with E-state index in [-0.39, 0.29) is 18.7 Å². The molecule has 0 bridgehead atoms. The average molecular weight is 249 g/mol. The van der Waals surface area contributed by atoms with Gasteiger partial charge in [0.05, 0.1) is 11.0 Å². The van der Waals surface area contributed by atoms with Crippen molar-refractivity contribution >= 4 is 23.0 Å². The number of rotatable bonds is 4. The van der Waals surface area contributed by atoms with E-state index in [0.29, 0.717) is 11.0 Å². The number of carbonyl (C=O) groups is 2. The first kappa shape index (κ1) is 11.9. The van der Waals surface area contributed by atoms with Crippen LogP contribution in [0.3, 0.4) is 0 Å². The largest absolute Gasteiger partial charge is 0.480 e. The van der Waals surface area contributed by atoms with Gasteiger partial charge >= 0.3 is 11.9 Å². The van der Waals surface area contributed by atoms with E-state index in [1.807, 2.05) is 0 Å². The first-order valence-corrected chi connectivity index (χ1v) is 5.17. The number of para-hydroxylation sites is 2. The molecule has 2 aromatic rings. The van der Waals surface area contributed by atoms with Crippen LogP contribution < -0.4 is 5.62 Å². The van der Waals surface area contributed by atoms with Gasteiger partial charge in [0, 0.05) is 0 Å². The van der Waals surface area contributed by atoms with E-state index < -0.39 is 11.9 Å². The third-order valence-corrected chi connectivity index (χ3v) is 2.56. The Morgan fingerprint density at radius 2 is 1.39 bits per heavy atom. The van der Waals surface area contributed by atoms with Gasteiger partial charge in [0.15, 0.2) is 0 Å². The van der Waals surface area contributed by atoms with Crippen LogP contribution in [0, 0.1) is 5.41 Å². The smallest absolute Gasteiger partial charge is 0.323 e. The molecule has 1 aromatic carbocycles. The van der Waals surface area contributed by atoms with Crippen molar-refractivity contribution in [1.82, 2.24) is 9.13 Å². The Morgan fingerprint density at radius 3 is 1.72 bits per heavy atom. The molecule has 18 heavy (non-hydrogen) atoms. The summed E-state index contributed by atoms with van der Waals surface area (Å²) in [6.07, 6.45) is 0. The van der Waals surface area contributed by atoms with E-state index in [1.54, 1.807) is 24.3 Å². The number of nitrogens with zero attached hydrogens (tertiary/aromatic N) is 2. The number of carboxylic acids is 2. The van der Waals surface area contributed by atoms with Crippen LogP contribution in [-0.2, 0) is 22.7 Å². The molecule has 0 saturated heterocycles. The van der Waals surface area contributed by atoms with Gasteiger partial charge in [-0.15, -0.1) is 0 Å². The molecule has 7 heteroatoms. The summed E-state index contributed by atoms with van der Waals surface area (Å²) in [6, 6.07) is 6.75. The predicted molar refractivity (Wildman–Crippen MR) is 61.1 cm³/mol. The van der Waals surface area contributed by atoms with E-state index >= 15 is 0 Å². The van der Waals surface area contributed by atoms with Crippen LogP contribution in [0.2, 0.25) is 0 Å².